The molecule has 1 aromatic rings. The molecule has 0 saturated carbocycles. The lowest BCUT2D eigenvalue weighted by atomic mass is 10.3. The van der Waals surface area contributed by atoms with Crippen LogP contribution in [0.25, 0.3) is 0 Å². The molecule has 2 rings (SSSR count). The van der Waals surface area contributed by atoms with Gasteiger partial charge in [-0.2, -0.15) is 0 Å². The van der Waals surface area contributed by atoms with Crippen LogP contribution in [-0.4, -0.2) is 34.3 Å². The van der Waals surface area contributed by atoms with Gasteiger partial charge in [0.25, 0.3) is 0 Å². The number of amides is 1. The lowest BCUT2D eigenvalue weighted by molar-refractivity contribution is -0.121. The predicted octanol–water partition coefficient (Wildman–Crippen LogP) is 0.0856. The van der Waals surface area contributed by atoms with Crippen molar-refractivity contribution in [2.75, 3.05) is 11.4 Å². The highest BCUT2D eigenvalue weighted by Gasteiger charge is 2.28. The van der Waals surface area contributed by atoms with Gasteiger partial charge >= 0.3 is 5.97 Å². The maximum atomic E-state index is 11.4. The summed E-state index contributed by atoms with van der Waals surface area (Å²) in [6.07, 6.45) is 1.18. The predicted molar refractivity (Wildman–Crippen MR) is 53.2 cm³/mol. The third kappa shape index (κ3) is 1.77. The average Bonchev–Trinajstić information content (AvgIpc) is 2.58. The molecule has 1 saturated heterocycles. The van der Waals surface area contributed by atoms with Crippen LogP contribution in [-0.2, 0) is 9.59 Å². The Kier molecular flexibility index (Phi) is 2.40. The maximum absolute atomic E-state index is 11.4. The first kappa shape index (κ1) is 10.3. The minimum absolute atomic E-state index is 0.0347. The number of carbonyl (C=O) groups is 3. The summed E-state index contributed by atoms with van der Waals surface area (Å²) in [5.41, 5.74) is 0.350. The molecule has 1 N–H and O–H groups in total. The number of carboxylic acids is 1. The first-order valence-electron chi connectivity index (χ1n) is 4.59. The van der Waals surface area contributed by atoms with E-state index in [1.165, 1.54) is 23.2 Å². The molecule has 6 heteroatoms. The molecule has 0 unspecified atom stereocenters. The Labute approximate surface area is 90.5 Å². The summed E-state index contributed by atoms with van der Waals surface area (Å²) in [7, 11) is 0. The van der Waals surface area contributed by atoms with Crippen LogP contribution in [0.3, 0.4) is 0 Å². The molecule has 0 radical (unpaired) electrons. The largest absolute Gasteiger partial charge is 0.477 e. The fourth-order valence-corrected chi connectivity index (χ4v) is 1.49. The molecule has 0 aromatic carbocycles. The molecule has 0 atom stereocenters. The fourth-order valence-electron chi connectivity index (χ4n) is 1.49. The van der Waals surface area contributed by atoms with Gasteiger partial charge in [-0.3, -0.25) is 9.59 Å². The lowest BCUT2D eigenvalue weighted by Gasteiger charge is -2.13. The molecule has 2 heterocycles. The third-order valence-corrected chi connectivity index (χ3v) is 2.26. The average molecular weight is 220 g/mol. The summed E-state index contributed by atoms with van der Waals surface area (Å²) < 4.78 is 0. The van der Waals surface area contributed by atoms with Crippen LogP contribution in [0.15, 0.2) is 18.3 Å². The quantitative estimate of drug-likeness (QED) is 0.713. The topological polar surface area (TPSA) is 87.6 Å². The van der Waals surface area contributed by atoms with Crippen molar-refractivity contribution in [1.82, 2.24) is 4.98 Å². The van der Waals surface area contributed by atoms with E-state index in [1.807, 2.05) is 0 Å². The van der Waals surface area contributed by atoms with Gasteiger partial charge in [0.1, 0.15) is 5.69 Å². The number of hydrogen-bond acceptors (Lipinski definition) is 4. The lowest BCUT2D eigenvalue weighted by Crippen LogP contribution is -2.24. The number of aromatic nitrogens is 1. The number of carbonyl (C=O) groups excluding carboxylic acids is 2. The number of ketones is 1. The standard InChI is InChI=1S/C10H8N2O4/c13-7-3-9(14)12(5-7)6-1-2-8(10(15)16)11-4-6/h1-2,4H,3,5H2,(H,15,16). The van der Waals surface area contributed by atoms with Crippen molar-refractivity contribution in [2.24, 2.45) is 0 Å². The van der Waals surface area contributed by atoms with Crippen molar-refractivity contribution in [1.29, 1.82) is 0 Å². The van der Waals surface area contributed by atoms with Gasteiger partial charge in [-0.05, 0) is 12.1 Å². The van der Waals surface area contributed by atoms with Gasteiger partial charge in [0.15, 0.2) is 5.78 Å². The summed E-state index contributed by atoms with van der Waals surface area (Å²) in [6, 6.07) is 2.76. The summed E-state index contributed by atoms with van der Waals surface area (Å²) in [6.45, 7) is 0.0347. The van der Waals surface area contributed by atoms with Crippen LogP contribution in [0.2, 0.25) is 0 Å². The van der Waals surface area contributed by atoms with Crippen molar-refractivity contribution in [3.63, 3.8) is 0 Å². The molecule has 1 aromatic heterocycles. The Morgan fingerprint density at radius 1 is 1.38 bits per heavy atom. The van der Waals surface area contributed by atoms with Gasteiger partial charge in [-0.15, -0.1) is 0 Å². The third-order valence-electron chi connectivity index (χ3n) is 2.26. The SMILES string of the molecule is O=C1CC(=O)N(c2ccc(C(=O)O)nc2)C1. The smallest absolute Gasteiger partial charge is 0.354 e. The number of carboxylic acid groups (broad SMARTS) is 1. The van der Waals surface area contributed by atoms with E-state index in [0.29, 0.717) is 5.69 Å². The van der Waals surface area contributed by atoms with Gasteiger partial charge in [-0.25, -0.2) is 9.78 Å². The molecule has 1 fully saturated rings. The van der Waals surface area contributed by atoms with Crippen molar-refractivity contribution in [2.45, 2.75) is 6.42 Å². The molecule has 0 spiro atoms. The van der Waals surface area contributed by atoms with Gasteiger partial charge in [-0.1, -0.05) is 0 Å². The van der Waals surface area contributed by atoms with Crippen LogP contribution in [0, 0.1) is 0 Å². The number of rotatable bonds is 2. The number of aromatic carboxylic acids is 1. The Balaban J connectivity index is 2.25. The summed E-state index contributed by atoms with van der Waals surface area (Å²) in [5.74, 6) is -1.56. The van der Waals surface area contributed by atoms with E-state index in [-0.39, 0.29) is 30.3 Å². The molecule has 0 bridgehead atoms. The number of anilines is 1. The Morgan fingerprint density at radius 2 is 2.12 bits per heavy atom. The first-order valence-corrected chi connectivity index (χ1v) is 4.59. The number of nitrogens with zero attached hydrogens (tertiary/aromatic N) is 2. The Morgan fingerprint density at radius 3 is 2.56 bits per heavy atom. The van der Waals surface area contributed by atoms with Crippen LogP contribution in [0.4, 0.5) is 5.69 Å². The van der Waals surface area contributed by atoms with Crippen LogP contribution in [0.5, 0.6) is 0 Å². The molecule has 0 aliphatic carbocycles. The first-order chi connectivity index (χ1) is 7.58. The van der Waals surface area contributed by atoms with Crippen molar-refractivity contribution in [3.05, 3.63) is 24.0 Å². The normalized spacial score (nSPS) is 15.6. The maximum Gasteiger partial charge on any atom is 0.354 e. The monoisotopic (exact) mass is 220 g/mol. The van der Waals surface area contributed by atoms with Gasteiger partial charge in [0.05, 0.1) is 24.8 Å². The summed E-state index contributed by atoms with van der Waals surface area (Å²) in [4.78, 5) is 37.9. The van der Waals surface area contributed by atoms with Crippen molar-refractivity contribution < 1.29 is 19.5 Å². The zero-order chi connectivity index (χ0) is 11.7. The molecule has 1 aliphatic heterocycles. The summed E-state index contributed by atoms with van der Waals surface area (Å²) in [5, 5.41) is 8.64. The minimum atomic E-state index is -1.13. The molecule has 1 aliphatic rings. The van der Waals surface area contributed by atoms with Crippen LogP contribution in [0.1, 0.15) is 16.9 Å². The molecule has 6 nitrogen and oxygen atoms in total. The molecular formula is C10H8N2O4. The highest BCUT2D eigenvalue weighted by atomic mass is 16.4. The van der Waals surface area contributed by atoms with Crippen molar-refractivity contribution >= 4 is 23.3 Å². The molecule has 1 amide bonds. The van der Waals surface area contributed by atoms with Gasteiger partial charge in [0, 0.05) is 0 Å². The number of pyridine rings is 1. The second-order valence-electron chi connectivity index (χ2n) is 3.40. The van der Waals surface area contributed by atoms with E-state index in [4.69, 9.17) is 5.11 Å². The highest BCUT2D eigenvalue weighted by Crippen LogP contribution is 2.18. The zero-order valence-corrected chi connectivity index (χ0v) is 8.21. The molecule has 16 heavy (non-hydrogen) atoms. The second kappa shape index (κ2) is 3.73. The van der Waals surface area contributed by atoms with Gasteiger partial charge < -0.3 is 10.0 Å². The van der Waals surface area contributed by atoms with Crippen LogP contribution >= 0.6 is 0 Å². The number of hydrogen-bond donors (Lipinski definition) is 1. The number of Topliss-reactive ketones (excluding diaryl/α,β-unsaturated/α-hetero) is 1. The van der Waals surface area contributed by atoms with Gasteiger partial charge in [0.2, 0.25) is 5.91 Å². The zero-order valence-electron chi connectivity index (χ0n) is 8.21. The van der Waals surface area contributed by atoms with E-state index < -0.39 is 5.97 Å². The van der Waals surface area contributed by atoms with E-state index in [9.17, 15) is 14.4 Å². The summed E-state index contributed by atoms with van der Waals surface area (Å²) >= 11 is 0. The molecular weight excluding hydrogens is 212 g/mol. The van der Waals surface area contributed by atoms with Crippen LogP contribution < -0.4 is 4.90 Å². The minimum Gasteiger partial charge on any atom is -0.477 e. The fraction of sp³-hybridized carbons (Fsp3) is 0.200. The molecule has 82 valence electrons. The second-order valence-corrected chi connectivity index (χ2v) is 3.40. The Hall–Kier alpha value is -2.24. The Bertz CT molecular complexity index is 466. The van der Waals surface area contributed by atoms with E-state index in [1.54, 1.807) is 0 Å². The van der Waals surface area contributed by atoms with Crippen molar-refractivity contribution in [3.8, 4) is 0 Å². The van der Waals surface area contributed by atoms with E-state index in [0.717, 1.165) is 0 Å². The van der Waals surface area contributed by atoms with E-state index >= 15 is 0 Å². The van der Waals surface area contributed by atoms with E-state index in [2.05, 4.69) is 4.98 Å². The highest BCUT2D eigenvalue weighted by molar-refractivity contribution is 6.15.